The van der Waals surface area contributed by atoms with Crippen molar-refractivity contribution in [3.8, 4) is 22.6 Å². The summed E-state index contributed by atoms with van der Waals surface area (Å²) < 4.78 is 2.06. The van der Waals surface area contributed by atoms with E-state index in [4.69, 9.17) is 0 Å². The highest BCUT2D eigenvalue weighted by atomic mass is 32.2. The molecule has 1 amide bonds. The first kappa shape index (κ1) is 24.0. The van der Waals surface area contributed by atoms with E-state index in [1.165, 1.54) is 63.1 Å². The molecule has 4 aromatic rings. The summed E-state index contributed by atoms with van der Waals surface area (Å²) in [4.78, 5) is 18.8. The molecule has 0 saturated heterocycles. The summed E-state index contributed by atoms with van der Waals surface area (Å²) in [6.45, 7) is 8.69. The first-order valence-electron chi connectivity index (χ1n) is 11.6. The van der Waals surface area contributed by atoms with Crippen LogP contribution in [0.2, 0.25) is 0 Å². The molecule has 0 radical (unpaired) electrons. The maximum Gasteiger partial charge on any atom is 0.236 e. The Morgan fingerprint density at radius 1 is 1.17 bits per heavy atom. The van der Waals surface area contributed by atoms with Crippen molar-refractivity contribution in [3.05, 3.63) is 63.2 Å². The summed E-state index contributed by atoms with van der Waals surface area (Å²) in [5.41, 5.74) is 6.99. The number of carbonyl (C=O) groups is 1. The number of fused-ring (bicyclic) bond motifs is 1. The van der Waals surface area contributed by atoms with Gasteiger partial charge in [0.05, 0.1) is 11.4 Å². The van der Waals surface area contributed by atoms with E-state index in [9.17, 15) is 4.79 Å². The van der Waals surface area contributed by atoms with Crippen LogP contribution in [-0.4, -0.2) is 31.4 Å². The van der Waals surface area contributed by atoms with Crippen molar-refractivity contribution >= 4 is 45.5 Å². The van der Waals surface area contributed by atoms with Crippen LogP contribution >= 0.6 is 34.4 Å². The predicted octanol–water partition coefficient (Wildman–Crippen LogP) is 6.54. The number of nitrogens with zero attached hydrogens (tertiary/aromatic N) is 4. The number of nitrogens with one attached hydrogen (secondary N) is 1. The molecule has 9 heteroatoms. The number of carbonyl (C=O) groups excluding carboxylic acids is 1. The fourth-order valence-electron chi connectivity index (χ4n) is 4.22. The van der Waals surface area contributed by atoms with Crippen molar-refractivity contribution in [2.24, 2.45) is 0 Å². The second-order valence-electron chi connectivity index (χ2n) is 8.64. The Morgan fingerprint density at radius 3 is 2.86 bits per heavy atom. The number of aryl methyl sites for hydroxylation is 3. The average molecular weight is 522 g/mol. The Balaban J connectivity index is 1.26. The van der Waals surface area contributed by atoms with E-state index in [-0.39, 0.29) is 11.7 Å². The molecule has 0 atom stereocenters. The quantitative estimate of drug-likeness (QED) is 0.210. The molecule has 5 rings (SSSR count). The maximum atomic E-state index is 12.7. The molecule has 1 aliphatic carbocycles. The second-order valence-corrected chi connectivity index (χ2v) is 11.4. The summed E-state index contributed by atoms with van der Waals surface area (Å²) in [7, 11) is 0. The van der Waals surface area contributed by atoms with E-state index in [0.29, 0.717) is 11.7 Å². The maximum absolute atomic E-state index is 12.7. The van der Waals surface area contributed by atoms with Gasteiger partial charge in [-0.25, -0.2) is 4.98 Å². The molecular formula is C26H27N5OS3. The van der Waals surface area contributed by atoms with E-state index in [1.807, 2.05) is 22.8 Å². The molecular weight excluding hydrogens is 495 g/mol. The van der Waals surface area contributed by atoms with Crippen LogP contribution in [0.25, 0.3) is 22.6 Å². The van der Waals surface area contributed by atoms with Crippen LogP contribution < -0.4 is 5.32 Å². The van der Waals surface area contributed by atoms with Gasteiger partial charge in [-0.15, -0.1) is 39.4 Å². The van der Waals surface area contributed by atoms with E-state index in [2.05, 4.69) is 69.1 Å². The van der Waals surface area contributed by atoms with Gasteiger partial charge in [-0.3, -0.25) is 9.36 Å². The van der Waals surface area contributed by atoms with Crippen molar-refractivity contribution < 1.29 is 4.79 Å². The third kappa shape index (κ3) is 5.12. The van der Waals surface area contributed by atoms with Gasteiger partial charge in [0, 0.05) is 33.3 Å². The SMILES string of the molecule is C=CCn1c(SCC(=O)Nc2nc(-c3ccc(C)c(C)c3)cs2)nnc1-c1csc2c1CCCC2. The number of thioether (sulfide) groups is 1. The Morgan fingerprint density at radius 2 is 2.03 bits per heavy atom. The molecule has 6 nitrogen and oxygen atoms in total. The van der Waals surface area contributed by atoms with Crippen LogP contribution in [0, 0.1) is 13.8 Å². The molecule has 3 aromatic heterocycles. The smallest absolute Gasteiger partial charge is 0.236 e. The average Bonchev–Trinajstić information content (AvgIpc) is 3.58. The minimum Gasteiger partial charge on any atom is -0.301 e. The topological polar surface area (TPSA) is 72.7 Å². The van der Waals surface area contributed by atoms with Crippen molar-refractivity contribution in [2.45, 2.75) is 51.2 Å². The zero-order valence-corrected chi connectivity index (χ0v) is 22.3. The van der Waals surface area contributed by atoms with Crippen LogP contribution in [0.4, 0.5) is 5.13 Å². The number of benzene rings is 1. The first-order chi connectivity index (χ1) is 17.0. The van der Waals surface area contributed by atoms with Crippen molar-refractivity contribution in [1.82, 2.24) is 19.7 Å². The molecule has 1 aromatic carbocycles. The molecule has 35 heavy (non-hydrogen) atoms. The largest absolute Gasteiger partial charge is 0.301 e. The summed E-state index contributed by atoms with van der Waals surface area (Å²) in [6.07, 6.45) is 6.57. The molecule has 0 aliphatic heterocycles. The fraction of sp³-hybridized carbons (Fsp3) is 0.308. The fourth-order valence-corrected chi connectivity index (χ4v) is 6.83. The Labute approximate surface area is 217 Å². The van der Waals surface area contributed by atoms with Crippen LogP contribution in [0.3, 0.4) is 0 Å². The monoisotopic (exact) mass is 521 g/mol. The van der Waals surface area contributed by atoms with Gasteiger partial charge in [-0.1, -0.05) is 30.0 Å². The first-order valence-corrected chi connectivity index (χ1v) is 14.4. The van der Waals surface area contributed by atoms with E-state index in [0.717, 1.165) is 35.1 Å². The third-order valence-electron chi connectivity index (χ3n) is 6.22. The van der Waals surface area contributed by atoms with Gasteiger partial charge in [-0.2, -0.15) is 0 Å². The number of hydrogen-bond donors (Lipinski definition) is 1. The predicted molar refractivity (Wildman–Crippen MR) is 147 cm³/mol. The minimum absolute atomic E-state index is 0.112. The second kappa shape index (κ2) is 10.5. The third-order valence-corrected chi connectivity index (χ3v) is 9.03. The lowest BCUT2D eigenvalue weighted by atomic mass is 9.95. The normalized spacial score (nSPS) is 13.0. The van der Waals surface area contributed by atoms with Crippen LogP contribution in [0.15, 0.2) is 46.8 Å². The van der Waals surface area contributed by atoms with Crippen LogP contribution in [-0.2, 0) is 24.2 Å². The minimum atomic E-state index is -0.112. The van der Waals surface area contributed by atoms with Gasteiger partial charge in [0.25, 0.3) is 0 Å². The number of thiazole rings is 1. The van der Waals surface area contributed by atoms with Crippen molar-refractivity contribution in [3.63, 3.8) is 0 Å². The summed E-state index contributed by atoms with van der Waals surface area (Å²) in [5.74, 6) is 0.985. The lowest BCUT2D eigenvalue weighted by Gasteiger charge is -2.13. The van der Waals surface area contributed by atoms with Gasteiger partial charge < -0.3 is 5.32 Å². The molecule has 0 spiro atoms. The van der Waals surface area contributed by atoms with Gasteiger partial charge in [-0.05, 0) is 62.3 Å². The highest BCUT2D eigenvalue weighted by molar-refractivity contribution is 7.99. The lowest BCUT2D eigenvalue weighted by Crippen LogP contribution is -2.14. The number of rotatable bonds is 8. The summed E-state index contributed by atoms with van der Waals surface area (Å²) in [5, 5.41) is 17.4. The molecule has 1 N–H and O–H groups in total. The van der Waals surface area contributed by atoms with Crippen molar-refractivity contribution in [2.75, 3.05) is 11.1 Å². The Bertz CT molecular complexity index is 1380. The molecule has 1 aliphatic rings. The lowest BCUT2D eigenvalue weighted by molar-refractivity contribution is -0.113. The number of hydrogen-bond acceptors (Lipinski definition) is 7. The molecule has 180 valence electrons. The van der Waals surface area contributed by atoms with Crippen LogP contribution in [0.1, 0.15) is 34.4 Å². The molecule has 0 bridgehead atoms. The number of aromatic nitrogens is 4. The standard InChI is InChI=1S/C26H27N5OS3/c1-4-11-31-24(20-13-33-22-8-6-5-7-19(20)22)29-30-26(31)35-15-23(32)28-25-27-21(14-34-25)18-10-9-16(2)17(3)12-18/h4,9-10,12-14H,1,5-8,11,15H2,2-3H3,(H,27,28,32). The van der Waals surface area contributed by atoms with Gasteiger partial charge >= 0.3 is 0 Å². The van der Waals surface area contributed by atoms with Gasteiger partial charge in [0.1, 0.15) is 0 Å². The highest BCUT2D eigenvalue weighted by Crippen LogP contribution is 2.37. The number of thiophene rings is 1. The zero-order valence-electron chi connectivity index (χ0n) is 19.8. The van der Waals surface area contributed by atoms with E-state index >= 15 is 0 Å². The molecule has 0 saturated carbocycles. The van der Waals surface area contributed by atoms with E-state index in [1.54, 1.807) is 0 Å². The Kier molecular flexibility index (Phi) is 7.17. The number of anilines is 1. The summed E-state index contributed by atoms with van der Waals surface area (Å²) >= 11 is 4.64. The number of amides is 1. The zero-order chi connectivity index (χ0) is 24.4. The highest BCUT2D eigenvalue weighted by Gasteiger charge is 2.22. The van der Waals surface area contributed by atoms with Crippen LogP contribution in [0.5, 0.6) is 0 Å². The molecule has 0 fully saturated rings. The van der Waals surface area contributed by atoms with Crippen molar-refractivity contribution in [1.29, 1.82) is 0 Å². The van der Waals surface area contributed by atoms with Gasteiger partial charge in [0.15, 0.2) is 16.1 Å². The molecule has 0 unspecified atom stereocenters. The number of allylic oxidation sites excluding steroid dienone is 1. The Hall–Kier alpha value is -2.75. The molecule has 3 heterocycles. The summed E-state index contributed by atoms with van der Waals surface area (Å²) in [6, 6.07) is 6.28. The van der Waals surface area contributed by atoms with E-state index < -0.39 is 0 Å². The van der Waals surface area contributed by atoms with Gasteiger partial charge in [0.2, 0.25) is 5.91 Å².